The first-order valence-electron chi connectivity index (χ1n) is 8.85. The monoisotopic (exact) mass is 366 g/mol. The molecule has 2 N–H and O–H groups in total. The summed E-state index contributed by atoms with van der Waals surface area (Å²) in [5, 5.41) is 4.07. The van der Waals surface area contributed by atoms with Crippen molar-refractivity contribution in [3.8, 4) is 17.2 Å². The molecule has 1 aromatic heterocycles. The van der Waals surface area contributed by atoms with Crippen molar-refractivity contribution in [2.75, 3.05) is 21.3 Å². The van der Waals surface area contributed by atoms with Crippen LogP contribution in [0.15, 0.2) is 36.4 Å². The molecule has 1 aliphatic carbocycles. The first-order chi connectivity index (χ1) is 13.1. The number of amides is 1. The maximum atomic E-state index is 12.8. The van der Waals surface area contributed by atoms with Crippen molar-refractivity contribution < 1.29 is 19.0 Å². The van der Waals surface area contributed by atoms with Crippen molar-refractivity contribution in [1.29, 1.82) is 0 Å². The molecule has 0 saturated carbocycles. The summed E-state index contributed by atoms with van der Waals surface area (Å²) < 4.78 is 16.0. The van der Waals surface area contributed by atoms with E-state index in [0.717, 1.165) is 35.1 Å². The summed E-state index contributed by atoms with van der Waals surface area (Å²) in [6, 6.07) is 11.4. The molecule has 4 rings (SSSR count). The number of carbonyl (C=O) groups excluding carboxylic acids is 1. The first-order valence-corrected chi connectivity index (χ1v) is 8.85. The van der Waals surface area contributed by atoms with Crippen molar-refractivity contribution in [2.24, 2.45) is 0 Å². The number of benzene rings is 2. The van der Waals surface area contributed by atoms with Crippen molar-refractivity contribution in [3.63, 3.8) is 0 Å². The number of methoxy groups -OCH3 is 3. The zero-order valence-corrected chi connectivity index (χ0v) is 15.6. The second-order valence-corrected chi connectivity index (χ2v) is 6.61. The second-order valence-electron chi connectivity index (χ2n) is 6.61. The van der Waals surface area contributed by atoms with E-state index < -0.39 is 0 Å². The minimum absolute atomic E-state index is 0.0479. The molecule has 0 aliphatic heterocycles. The van der Waals surface area contributed by atoms with Gasteiger partial charge < -0.3 is 24.5 Å². The van der Waals surface area contributed by atoms with Crippen molar-refractivity contribution in [2.45, 2.75) is 18.9 Å². The van der Waals surface area contributed by atoms with Gasteiger partial charge in [0.2, 0.25) is 0 Å². The van der Waals surface area contributed by atoms with Gasteiger partial charge in [0.15, 0.2) is 11.5 Å². The molecular formula is C21H22N2O4. The van der Waals surface area contributed by atoms with Crippen LogP contribution in [-0.4, -0.2) is 32.2 Å². The predicted octanol–water partition coefficient (Wildman–Crippen LogP) is 3.61. The van der Waals surface area contributed by atoms with E-state index in [1.807, 2.05) is 36.4 Å². The Morgan fingerprint density at radius 1 is 1.04 bits per heavy atom. The van der Waals surface area contributed by atoms with E-state index in [0.29, 0.717) is 17.2 Å². The summed E-state index contributed by atoms with van der Waals surface area (Å²) in [4.78, 5) is 16.0. The highest BCUT2D eigenvalue weighted by molar-refractivity contribution is 5.98. The molecule has 2 aromatic carbocycles. The molecule has 0 saturated heterocycles. The average molecular weight is 366 g/mol. The lowest BCUT2D eigenvalue weighted by Crippen LogP contribution is -2.27. The standard InChI is InChI=1S/C21H22N2O4/c1-25-14-5-7-16-13(8-14)9-18(22-16)21(24)23-17-6-4-12-10-19(26-2)20(27-3)11-15(12)17/h5,7-11,17,22H,4,6H2,1-3H3,(H,23,24)/t17-/m1/s1. The summed E-state index contributed by atoms with van der Waals surface area (Å²) in [5.74, 6) is 2.03. The molecule has 1 aliphatic rings. The summed E-state index contributed by atoms with van der Waals surface area (Å²) in [5.41, 5.74) is 3.70. The smallest absolute Gasteiger partial charge is 0.268 e. The zero-order valence-electron chi connectivity index (χ0n) is 15.6. The van der Waals surface area contributed by atoms with E-state index in [1.54, 1.807) is 21.3 Å². The molecule has 1 atom stereocenters. The topological polar surface area (TPSA) is 72.6 Å². The summed E-state index contributed by atoms with van der Waals surface area (Å²) in [6.07, 6.45) is 1.75. The van der Waals surface area contributed by atoms with Gasteiger partial charge in [-0.05, 0) is 60.4 Å². The number of carbonyl (C=O) groups is 1. The average Bonchev–Trinajstić information content (AvgIpc) is 3.29. The molecule has 1 amide bonds. The molecule has 6 heteroatoms. The van der Waals surface area contributed by atoms with Gasteiger partial charge in [-0.1, -0.05) is 0 Å². The Hall–Kier alpha value is -3.15. The van der Waals surface area contributed by atoms with E-state index in [1.165, 1.54) is 5.56 Å². The highest BCUT2D eigenvalue weighted by atomic mass is 16.5. The van der Waals surface area contributed by atoms with Crippen LogP contribution in [0.5, 0.6) is 17.2 Å². The predicted molar refractivity (Wildman–Crippen MR) is 103 cm³/mol. The maximum Gasteiger partial charge on any atom is 0.268 e. The fraction of sp³-hybridized carbons (Fsp3) is 0.286. The van der Waals surface area contributed by atoms with E-state index in [9.17, 15) is 4.79 Å². The van der Waals surface area contributed by atoms with Crippen LogP contribution in [0.2, 0.25) is 0 Å². The lowest BCUT2D eigenvalue weighted by molar-refractivity contribution is 0.0932. The lowest BCUT2D eigenvalue weighted by Gasteiger charge is -2.16. The second kappa shape index (κ2) is 6.87. The molecule has 1 heterocycles. The van der Waals surface area contributed by atoms with Crippen LogP contribution in [0.25, 0.3) is 10.9 Å². The largest absolute Gasteiger partial charge is 0.497 e. The highest BCUT2D eigenvalue weighted by Crippen LogP contribution is 2.39. The molecule has 27 heavy (non-hydrogen) atoms. The number of hydrogen-bond acceptors (Lipinski definition) is 4. The molecule has 0 fully saturated rings. The quantitative estimate of drug-likeness (QED) is 0.724. The Bertz CT molecular complexity index is 1010. The van der Waals surface area contributed by atoms with Crippen LogP contribution in [0.3, 0.4) is 0 Å². The van der Waals surface area contributed by atoms with Crippen LogP contribution in [0, 0.1) is 0 Å². The van der Waals surface area contributed by atoms with Gasteiger partial charge in [-0.3, -0.25) is 4.79 Å². The van der Waals surface area contributed by atoms with Gasteiger partial charge in [0.05, 0.1) is 27.4 Å². The van der Waals surface area contributed by atoms with Crippen LogP contribution in [0.1, 0.15) is 34.1 Å². The number of ether oxygens (including phenoxy) is 3. The highest BCUT2D eigenvalue weighted by Gasteiger charge is 2.27. The number of aromatic nitrogens is 1. The van der Waals surface area contributed by atoms with Crippen molar-refractivity contribution >= 4 is 16.8 Å². The fourth-order valence-corrected chi connectivity index (χ4v) is 3.68. The van der Waals surface area contributed by atoms with Crippen molar-refractivity contribution in [1.82, 2.24) is 10.3 Å². The van der Waals surface area contributed by atoms with Gasteiger partial charge in [0.25, 0.3) is 5.91 Å². The van der Waals surface area contributed by atoms with Gasteiger partial charge in [-0.15, -0.1) is 0 Å². The Labute approximate surface area is 157 Å². The number of hydrogen-bond donors (Lipinski definition) is 2. The molecule has 0 bridgehead atoms. The van der Waals surface area contributed by atoms with Gasteiger partial charge in [0, 0.05) is 10.9 Å². The molecule has 0 radical (unpaired) electrons. The lowest BCUT2D eigenvalue weighted by atomic mass is 10.1. The minimum Gasteiger partial charge on any atom is -0.497 e. The molecule has 140 valence electrons. The SMILES string of the molecule is COc1ccc2[nH]c(C(=O)N[C@@H]3CCc4cc(OC)c(OC)cc43)cc2c1. The molecule has 3 aromatic rings. The third-order valence-electron chi connectivity index (χ3n) is 5.10. The third kappa shape index (κ3) is 3.07. The van der Waals surface area contributed by atoms with Gasteiger partial charge in [0.1, 0.15) is 11.4 Å². The van der Waals surface area contributed by atoms with E-state index in [4.69, 9.17) is 14.2 Å². The normalized spacial score (nSPS) is 15.4. The number of nitrogens with one attached hydrogen (secondary N) is 2. The number of fused-ring (bicyclic) bond motifs is 2. The minimum atomic E-state index is -0.127. The van der Waals surface area contributed by atoms with E-state index in [2.05, 4.69) is 10.3 Å². The number of aromatic amines is 1. The van der Waals surface area contributed by atoms with E-state index in [-0.39, 0.29) is 11.9 Å². The number of aryl methyl sites for hydroxylation is 1. The number of rotatable bonds is 5. The maximum absolute atomic E-state index is 12.8. The molecular weight excluding hydrogens is 344 g/mol. The van der Waals surface area contributed by atoms with Crippen LogP contribution >= 0.6 is 0 Å². The summed E-state index contributed by atoms with van der Waals surface area (Å²) in [6.45, 7) is 0. The first kappa shape index (κ1) is 17.3. The van der Waals surface area contributed by atoms with Crippen molar-refractivity contribution in [3.05, 3.63) is 53.2 Å². The third-order valence-corrected chi connectivity index (χ3v) is 5.10. The zero-order chi connectivity index (χ0) is 19.0. The van der Waals surface area contributed by atoms with Crippen LogP contribution < -0.4 is 19.5 Å². The van der Waals surface area contributed by atoms with Gasteiger partial charge in [-0.2, -0.15) is 0 Å². The van der Waals surface area contributed by atoms with Gasteiger partial charge >= 0.3 is 0 Å². The fourth-order valence-electron chi connectivity index (χ4n) is 3.68. The Morgan fingerprint density at radius 3 is 2.56 bits per heavy atom. The Morgan fingerprint density at radius 2 is 1.81 bits per heavy atom. The summed E-state index contributed by atoms with van der Waals surface area (Å²) in [7, 11) is 4.87. The van der Waals surface area contributed by atoms with Gasteiger partial charge in [-0.25, -0.2) is 0 Å². The summed E-state index contributed by atoms with van der Waals surface area (Å²) >= 11 is 0. The molecule has 6 nitrogen and oxygen atoms in total. The molecule has 0 spiro atoms. The molecule has 0 unspecified atom stereocenters. The number of H-pyrrole nitrogens is 1. The van der Waals surface area contributed by atoms with Crippen LogP contribution in [-0.2, 0) is 6.42 Å². The Balaban J connectivity index is 1.58. The van der Waals surface area contributed by atoms with Crippen LogP contribution in [0.4, 0.5) is 0 Å². The Kier molecular flexibility index (Phi) is 4.39. The van der Waals surface area contributed by atoms with E-state index >= 15 is 0 Å².